The maximum absolute atomic E-state index is 10.9. The van der Waals surface area contributed by atoms with Crippen molar-refractivity contribution in [2.45, 2.75) is 19.1 Å². The fourth-order valence-corrected chi connectivity index (χ4v) is 1.26. The minimum absolute atomic E-state index is 0. The first kappa shape index (κ1) is 15.9. The van der Waals surface area contributed by atoms with E-state index in [0.717, 1.165) is 5.56 Å². The Morgan fingerprint density at radius 2 is 2.00 bits per heavy atom. The van der Waals surface area contributed by atoms with Gasteiger partial charge in [-0.05, 0) is 5.56 Å². The molecule has 0 aliphatic carbocycles. The van der Waals surface area contributed by atoms with Gasteiger partial charge in [-0.25, -0.2) is 0 Å². The molecule has 1 aromatic carbocycles. The third kappa shape index (κ3) is 6.94. The van der Waals surface area contributed by atoms with Gasteiger partial charge in [0, 0.05) is 6.04 Å². The van der Waals surface area contributed by atoms with Gasteiger partial charge < -0.3 is 15.2 Å². The Kier molecular flexibility index (Phi) is 8.40. The zero-order valence-corrected chi connectivity index (χ0v) is 10.6. The highest BCUT2D eigenvalue weighted by Crippen LogP contribution is 2.01. The van der Waals surface area contributed by atoms with E-state index in [-0.39, 0.29) is 30.8 Å². The first-order chi connectivity index (χ1) is 7.72. The fraction of sp³-hybridized carbons (Fsp3) is 0.417. The number of nitrogens with two attached hydrogens (primary N) is 1. The average molecular weight is 260 g/mol. The third-order valence-corrected chi connectivity index (χ3v) is 2.10. The van der Waals surface area contributed by atoms with Crippen LogP contribution < -0.4 is 5.73 Å². The van der Waals surface area contributed by atoms with E-state index >= 15 is 0 Å². The molecule has 1 rings (SSSR count). The smallest absolute Gasteiger partial charge is 0.307 e. The van der Waals surface area contributed by atoms with Crippen LogP contribution in [0.15, 0.2) is 30.3 Å². The van der Waals surface area contributed by atoms with Gasteiger partial charge in [-0.1, -0.05) is 30.3 Å². The first-order valence-electron chi connectivity index (χ1n) is 5.16. The van der Waals surface area contributed by atoms with E-state index in [9.17, 15) is 4.79 Å². The van der Waals surface area contributed by atoms with Gasteiger partial charge in [0.2, 0.25) is 0 Å². The largest absolute Gasteiger partial charge is 0.469 e. The number of carbonyl (C=O) groups excluding carboxylic acids is 1. The molecule has 0 aliphatic rings. The predicted molar refractivity (Wildman–Crippen MR) is 68.0 cm³/mol. The quantitative estimate of drug-likeness (QED) is 0.787. The highest BCUT2D eigenvalue weighted by Gasteiger charge is 2.09. The molecule has 0 bridgehead atoms. The van der Waals surface area contributed by atoms with Crippen molar-refractivity contribution in [1.82, 2.24) is 0 Å². The number of halogens is 1. The Morgan fingerprint density at radius 3 is 2.59 bits per heavy atom. The lowest BCUT2D eigenvalue weighted by Crippen LogP contribution is -2.29. The van der Waals surface area contributed by atoms with Gasteiger partial charge in [0.25, 0.3) is 0 Å². The summed E-state index contributed by atoms with van der Waals surface area (Å²) in [5.41, 5.74) is 6.78. The van der Waals surface area contributed by atoms with Gasteiger partial charge in [-0.3, -0.25) is 4.79 Å². The summed E-state index contributed by atoms with van der Waals surface area (Å²) in [5, 5.41) is 0. The van der Waals surface area contributed by atoms with Crippen LogP contribution in [0.1, 0.15) is 12.0 Å². The van der Waals surface area contributed by atoms with Crippen LogP contribution in [-0.2, 0) is 20.9 Å². The maximum atomic E-state index is 10.9. The van der Waals surface area contributed by atoms with Gasteiger partial charge in [-0.15, -0.1) is 12.4 Å². The van der Waals surface area contributed by atoms with Crippen LogP contribution in [0, 0.1) is 0 Å². The molecule has 0 aliphatic heterocycles. The van der Waals surface area contributed by atoms with Gasteiger partial charge >= 0.3 is 5.97 Å². The highest BCUT2D eigenvalue weighted by atomic mass is 35.5. The molecule has 2 N–H and O–H groups in total. The number of hydrogen-bond donors (Lipinski definition) is 1. The summed E-state index contributed by atoms with van der Waals surface area (Å²) in [6.45, 7) is 0.861. The standard InChI is InChI=1S/C12H17NO3.ClH/c1-15-12(14)7-11(13)9-16-8-10-5-3-2-4-6-10;/h2-6,11H,7-9,13H2,1H3;1H. The van der Waals surface area contributed by atoms with Crippen LogP contribution in [0.5, 0.6) is 0 Å². The number of hydrogen-bond acceptors (Lipinski definition) is 4. The van der Waals surface area contributed by atoms with E-state index in [4.69, 9.17) is 10.5 Å². The molecule has 0 saturated heterocycles. The molecule has 4 nitrogen and oxygen atoms in total. The molecule has 0 fully saturated rings. The highest BCUT2D eigenvalue weighted by molar-refractivity contribution is 5.85. The molecule has 5 heteroatoms. The molecular weight excluding hydrogens is 242 g/mol. The second-order valence-corrected chi connectivity index (χ2v) is 3.54. The Bertz CT molecular complexity index is 319. The summed E-state index contributed by atoms with van der Waals surface area (Å²) >= 11 is 0. The summed E-state index contributed by atoms with van der Waals surface area (Å²) < 4.78 is 9.91. The van der Waals surface area contributed by atoms with Gasteiger partial charge in [-0.2, -0.15) is 0 Å². The molecule has 17 heavy (non-hydrogen) atoms. The normalized spacial score (nSPS) is 11.4. The lowest BCUT2D eigenvalue weighted by molar-refractivity contribution is -0.141. The van der Waals surface area contributed by atoms with Crippen molar-refractivity contribution in [2.24, 2.45) is 5.73 Å². The summed E-state index contributed by atoms with van der Waals surface area (Å²) in [6.07, 6.45) is 0.186. The van der Waals surface area contributed by atoms with Crippen molar-refractivity contribution < 1.29 is 14.3 Å². The zero-order chi connectivity index (χ0) is 11.8. The van der Waals surface area contributed by atoms with Crippen molar-refractivity contribution in [3.8, 4) is 0 Å². The lowest BCUT2D eigenvalue weighted by Gasteiger charge is -2.10. The van der Waals surface area contributed by atoms with E-state index in [2.05, 4.69) is 4.74 Å². The van der Waals surface area contributed by atoms with Crippen molar-refractivity contribution in [3.05, 3.63) is 35.9 Å². The van der Waals surface area contributed by atoms with Gasteiger partial charge in [0.1, 0.15) is 0 Å². The molecule has 0 spiro atoms. The van der Waals surface area contributed by atoms with E-state index in [1.165, 1.54) is 7.11 Å². The number of benzene rings is 1. The van der Waals surface area contributed by atoms with E-state index in [1.54, 1.807) is 0 Å². The maximum Gasteiger partial charge on any atom is 0.307 e. The number of carbonyl (C=O) groups is 1. The second kappa shape index (κ2) is 8.98. The Balaban J connectivity index is 0.00000256. The molecule has 0 saturated carbocycles. The van der Waals surface area contributed by atoms with Crippen LogP contribution in [0.4, 0.5) is 0 Å². The summed E-state index contributed by atoms with van der Waals surface area (Å²) in [6, 6.07) is 9.50. The third-order valence-electron chi connectivity index (χ3n) is 2.10. The van der Waals surface area contributed by atoms with Crippen molar-refractivity contribution in [1.29, 1.82) is 0 Å². The van der Waals surface area contributed by atoms with E-state index in [0.29, 0.717) is 13.2 Å². The number of methoxy groups -OCH3 is 1. The predicted octanol–water partition coefficient (Wildman–Crippen LogP) is 1.52. The molecule has 0 aromatic heterocycles. The number of ether oxygens (including phenoxy) is 2. The molecule has 0 heterocycles. The monoisotopic (exact) mass is 259 g/mol. The van der Waals surface area contributed by atoms with Crippen LogP contribution in [0.3, 0.4) is 0 Å². The fourth-order valence-electron chi connectivity index (χ4n) is 1.26. The first-order valence-corrected chi connectivity index (χ1v) is 5.16. The van der Waals surface area contributed by atoms with Crippen LogP contribution in [0.2, 0.25) is 0 Å². The van der Waals surface area contributed by atoms with Gasteiger partial charge in [0.05, 0.1) is 26.7 Å². The Hall–Kier alpha value is -1.10. The molecular formula is C12H18ClNO3. The molecule has 96 valence electrons. The average Bonchev–Trinajstić information content (AvgIpc) is 2.30. The number of rotatable bonds is 6. The second-order valence-electron chi connectivity index (χ2n) is 3.54. The Labute approximate surface area is 108 Å². The van der Waals surface area contributed by atoms with E-state index in [1.807, 2.05) is 30.3 Å². The van der Waals surface area contributed by atoms with Crippen molar-refractivity contribution in [2.75, 3.05) is 13.7 Å². The lowest BCUT2D eigenvalue weighted by atomic mass is 10.2. The summed E-state index contributed by atoms with van der Waals surface area (Å²) in [4.78, 5) is 10.9. The molecule has 1 aromatic rings. The van der Waals surface area contributed by atoms with E-state index < -0.39 is 0 Å². The Morgan fingerprint density at radius 1 is 1.35 bits per heavy atom. The van der Waals surface area contributed by atoms with Crippen LogP contribution in [0.25, 0.3) is 0 Å². The van der Waals surface area contributed by atoms with Crippen molar-refractivity contribution in [3.63, 3.8) is 0 Å². The number of esters is 1. The molecule has 1 atom stereocenters. The summed E-state index contributed by atoms with van der Waals surface area (Å²) in [7, 11) is 1.35. The molecule has 1 unspecified atom stereocenters. The summed E-state index contributed by atoms with van der Waals surface area (Å²) in [5.74, 6) is -0.309. The topological polar surface area (TPSA) is 61.5 Å². The van der Waals surface area contributed by atoms with Crippen LogP contribution >= 0.6 is 12.4 Å². The van der Waals surface area contributed by atoms with Crippen molar-refractivity contribution >= 4 is 18.4 Å². The van der Waals surface area contributed by atoms with Gasteiger partial charge in [0.15, 0.2) is 0 Å². The van der Waals surface area contributed by atoms with Crippen LogP contribution in [-0.4, -0.2) is 25.7 Å². The SMILES string of the molecule is COC(=O)CC(N)COCc1ccccc1.Cl. The molecule has 0 amide bonds. The minimum Gasteiger partial charge on any atom is -0.469 e. The zero-order valence-electron chi connectivity index (χ0n) is 9.80. The molecule has 0 radical (unpaired) electrons. The minimum atomic E-state index is -0.309.